The van der Waals surface area contributed by atoms with Crippen molar-refractivity contribution < 1.29 is 4.74 Å². The van der Waals surface area contributed by atoms with Crippen molar-refractivity contribution >= 4 is 5.96 Å². The topological polar surface area (TPSA) is 54.7 Å². The Morgan fingerprint density at radius 3 is 2.61 bits per heavy atom. The average molecular weight is 377 g/mol. The molecule has 6 nitrogen and oxygen atoms in total. The molecule has 0 aliphatic carbocycles. The predicted octanol–water partition coefficient (Wildman–Crippen LogP) is 3.15. The van der Waals surface area contributed by atoms with Crippen molar-refractivity contribution in [3.05, 3.63) is 83.7 Å². The molecule has 146 valence electrons. The molecule has 1 N–H and O–H groups in total. The van der Waals surface area contributed by atoms with E-state index in [1.54, 1.807) is 14.2 Å². The molecular formula is C22H27N5O. The van der Waals surface area contributed by atoms with Crippen molar-refractivity contribution in [2.45, 2.75) is 19.6 Å². The molecule has 0 atom stereocenters. The van der Waals surface area contributed by atoms with Gasteiger partial charge in [0.15, 0.2) is 5.96 Å². The number of aromatic nitrogens is 2. The third-order valence-electron chi connectivity index (χ3n) is 4.50. The van der Waals surface area contributed by atoms with Gasteiger partial charge in [0.1, 0.15) is 5.75 Å². The lowest BCUT2D eigenvalue weighted by atomic mass is 10.2. The SMILES string of the molecule is CN=C(NCc1cnn(Cc2ccccc2)c1)N(C)Cc1ccccc1OC. The Balaban J connectivity index is 1.56. The lowest BCUT2D eigenvalue weighted by molar-refractivity contribution is 0.396. The van der Waals surface area contributed by atoms with E-state index in [1.165, 1.54) is 5.56 Å². The number of hydrogen-bond donors (Lipinski definition) is 1. The highest BCUT2D eigenvalue weighted by atomic mass is 16.5. The highest BCUT2D eigenvalue weighted by Gasteiger charge is 2.10. The number of nitrogens with one attached hydrogen (secondary N) is 1. The molecule has 0 unspecified atom stereocenters. The zero-order valence-electron chi connectivity index (χ0n) is 16.7. The van der Waals surface area contributed by atoms with E-state index >= 15 is 0 Å². The van der Waals surface area contributed by atoms with Crippen LogP contribution in [0.5, 0.6) is 5.75 Å². The molecule has 2 aromatic carbocycles. The molecular weight excluding hydrogens is 350 g/mol. The standard InChI is InChI=1S/C22H27N5O/c1-23-22(26(2)17-20-11-7-8-12-21(20)28-3)24-13-19-14-25-27(16-19)15-18-9-5-4-6-10-18/h4-12,14,16H,13,15,17H2,1-3H3,(H,23,24). The second-order valence-electron chi connectivity index (χ2n) is 6.60. The van der Waals surface area contributed by atoms with Gasteiger partial charge >= 0.3 is 0 Å². The second kappa shape index (κ2) is 9.60. The first-order chi connectivity index (χ1) is 13.7. The number of methoxy groups -OCH3 is 1. The molecule has 28 heavy (non-hydrogen) atoms. The zero-order valence-corrected chi connectivity index (χ0v) is 16.7. The Kier molecular flexibility index (Phi) is 6.68. The minimum absolute atomic E-state index is 0.664. The van der Waals surface area contributed by atoms with Gasteiger partial charge in [0.25, 0.3) is 0 Å². The number of nitrogens with zero attached hydrogens (tertiary/aromatic N) is 4. The Labute approximate surface area is 166 Å². The van der Waals surface area contributed by atoms with Crippen LogP contribution in [0.1, 0.15) is 16.7 Å². The summed E-state index contributed by atoms with van der Waals surface area (Å²) >= 11 is 0. The minimum Gasteiger partial charge on any atom is -0.496 e. The second-order valence-corrected chi connectivity index (χ2v) is 6.60. The highest BCUT2D eigenvalue weighted by molar-refractivity contribution is 5.79. The molecule has 0 saturated carbocycles. The van der Waals surface area contributed by atoms with Crippen LogP contribution in [0, 0.1) is 0 Å². The summed E-state index contributed by atoms with van der Waals surface area (Å²) in [6, 6.07) is 18.4. The molecule has 6 heteroatoms. The molecule has 0 aliphatic heterocycles. The van der Waals surface area contributed by atoms with E-state index in [-0.39, 0.29) is 0 Å². The highest BCUT2D eigenvalue weighted by Crippen LogP contribution is 2.18. The first kappa shape index (κ1) is 19.5. The summed E-state index contributed by atoms with van der Waals surface area (Å²) in [5, 5.41) is 7.86. The third-order valence-corrected chi connectivity index (χ3v) is 4.50. The van der Waals surface area contributed by atoms with E-state index in [4.69, 9.17) is 4.74 Å². The van der Waals surface area contributed by atoms with Gasteiger partial charge in [0.2, 0.25) is 0 Å². The number of aliphatic imine (C=N–C) groups is 1. The summed E-state index contributed by atoms with van der Waals surface area (Å²) in [7, 11) is 5.50. The van der Waals surface area contributed by atoms with Crippen molar-refractivity contribution in [3.63, 3.8) is 0 Å². The Bertz CT molecular complexity index is 904. The van der Waals surface area contributed by atoms with Gasteiger partial charge in [0.05, 0.1) is 19.9 Å². The molecule has 0 amide bonds. The maximum atomic E-state index is 5.44. The lowest BCUT2D eigenvalue weighted by Crippen LogP contribution is -2.38. The van der Waals surface area contributed by atoms with Gasteiger partial charge in [-0.2, -0.15) is 5.10 Å². The number of hydrogen-bond acceptors (Lipinski definition) is 3. The van der Waals surface area contributed by atoms with Gasteiger partial charge in [-0.15, -0.1) is 0 Å². The van der Waals surface area contributed by atoms with Crippen LogP contribution in [0.2, 0.25) is 0 Å². The Morgan fingerprint density at radius 1 is 1.11 bits per heavy atom. The van der Waals surface area contributed by atoms with E-state index < -0.39 is 0 Å². The molecule has 0 aliphatic rings. The molecule has 0 spiro atoms. The number of rotatable bonds is 7. The number of guanidine groups is 1. The monoisotopic (exact) mass is 377 g/mol. The maximum absolute atomic E-state index is 5.44. The summed E-state index contributed by atoms with van der Waals surface area (Å²) in [5.74, 6) is 1.70. The Morgan fingerprint density at radius 2 is 1.86 bits per heavy atom. The molecule has 3 aromatic rings. The van der Waals surface area contributed by atoms with Crippen LogP contribution in [-0.4, -0.2) is 41.8 Å². The maximum Gasteiger partial charge on any atom is 0.193 e. The van der Waals surface area contributed by atoms with Crippen molar-refractivity contribution in [1.29, 1.82) is 0 Å². The summed E-state index contributed by atoms with van der Waals surface area (Å²) < 4.78 is 7.39. The van der Waals surface area contributed by atoms with Crippen LogP contribution < -0.4 is 10.1 Å². The fourth-order valence-corrected chi connectivity index (χ4v) is 3.08. The van der Waals surface area contributed by atoms with E-state index in [0.717, 1.165) is 29.4 Å². The van der Waals surface area contributed by atoms with Crippen molar-refractivity contribution in [2.24, 2.45) is 4.99 Å². The average Bonchev–Trinajstić information content (AvgIpc) is 3.17. The van der Waals surface area contributed by atoms with Crippen LogP contribution in [0.3, 0.4) is 0 Å². The first-order valence-corrected chi connectivity index (χ1v) is 9.28. The van der Waals surface area contributed by atoms with Crippen molar-refractivity contribution in [1.82, 2.24) is 20.0 Å². The van der Waals surface area contributed by atoms with Gasteiger partial charge in [-0.3, -0.25) is 9.67 Å². The van der Waals surface area contributed by atoms with Gasteiger partial charge in [-0.1, -0.05) is 48.5 Å². The van der Waals surface area contributed by atoms with E-state index in [9.17, 15) is 0 Å². The molecule has 0 fully saturated rings. The fraction of sp³-hybridized carbons (Fsp3) is 0.273. The van der Waals surface area contributed by atoms with Gasteiger partial charge in [-0.25, -0.2) is 0 Å². The van der Waals surface area contributed by atoms with Crippen LogP contribution >= 0.6 is 0 Å². The van der Waals surface area contributed by atoms with Crippen LogP contribution in [0.4, 0.5) is 0 Å². The summed E-state index contributed by atoms with van der Waals surface area (Å²) in [4.78, 5) is 6.47. The van der Waals surface area contributed by atoms with Crippen LogP contribution in [-0.2, 0) is 19.6 Å². The predicted molar refractivity (Wildman–Crippen MR) is 112 cm³/mol. The molecule has 1 heterocycles. The Hall–Kier alpha value is -3.28. The molecule has 0 saturated heterocycles. The van der Waals surface area contributed by atoms with E-state index in [1.807, 2.05) is 54.3 Å². The third kappa shape index (κ3) is 5.13. The van der Waals surface area contributed by atoms with Crippen LogP contribution in [0.25, 0.3) is 0 Å². The van der Waals surface area contributed by atoms with Gasteiger partial charge in [-0.05, 0) is 11.6 Å². The summed E-state index contributed by atoms with van der Waals surface area (Å²) in [6.07, 6.45) is 3.96. The van der Waals surface area contributed by atoms with E-state index in [2.05, 4.69) is 44.7 Å². The molecule has 0 radical (unpaired) electrons. The number of para-hydroxylation sites is 1. The van der Waals surface area contributed by atoms with E-state index in [0.29, 0.717) is 13.1 Å². The summed E-state index contributed by atoms with van der Waals surface area (Å²) in [6.45, 7) is 2.14. The van der Waals surface area contributed by atoms with Gasteiger partial charge in [0, 0.05) is 44.5 Å². The minimum atomic E-state index is 0.664. The fourth-order valence-electron chi connectivity index (χ4n) is 3.08. The normalized spacial score (nSPS) is 11.3. The van der Waals surface area contributed by atoms with Crippen molar-refractivity contribution in [3.8, 4) is 5.75 Å². The number of benzene rings is 2. The summed E-state index contributed by atoms with van der Waals surface area (Å²) in [5.41, 5.74) is 3.46. The quantitative estimate of drug-likeness (QED) is 0.508. The first-order valence-electron chi connectivity index (χ1n) is 9.28. The molecule has 1 aromatic heterocycles. The number of ether oxygens (including phenoxy) is 1. The smallest absolute Gasteiger partial charge is 0.193 e. The van der Waals surface area contributed by atoms with Crippen LogP contribution in [0.15, 0.2) is 72.0 Å². The van der Waals surface area contributed by atoms with Crippen molar-refractivity contribution in [2.75, 3.05) is 21.2 Å². The largest absolute Gasteiger partial charge is 0.496 e. The lowest BCUT2D eigenvalue weighted by Gasteiger charge is -2.23. The van der Waals surface area contributed by atoms with Gasteiger partial charge < -0.3 is 15.0 Å². The zero-order chi connectivity index (χ0) is 19.8. The molecule has 3 rings (SSSR count). The molecule has 0 bridgehead atoms.